The van der Waals surface area contributed by atoms with E-state index < -0.39 is 17.6 Å². The van der Waals surface area contributed by atoms with Gasteiger partial charge in [0.2, 0.25) is 0 Å². The van der Waals surface area contributed by atoms with Gasteiger partial charge >= 0.3 is 12.0 Å². The molecular formula is C21H35N3O4. The number of aromatic nitrogens is 1. The molecule has 0 aromatic carbocycles. The molecule has 1 atom stereocenters. The van der Waals surface area contributed by atoms with E-state index in [1.807, 2.05) is 27.7 Å². The molecule has 2 amide bonds. The van der Waals surface area contributed by atoms with Crippen LogP contribution in [0.25, 0.3) is 0 Å². The van der Waals surface area contributed by atoms with E-state index in [0.29, 0.717) is 29.1 Å². The molecule has 1 unspecified atom stereocenters. The minimum Gasteiger partial charge on any atom is -0.461 e. The van der Waals surface area contributed by atoms with Gasteiger partial charge in [-0.15, -0.1) is 0 Å². The molecule has 0 spiro atoms. The first-order valence-electron chi connectivity index (χ1n) is 9.83. The average molecular weight is 394 g/mol. The number of esters is 1. The summed E-state index contributed by atoms with van der Waals surface area (Å²) in [5.74, 6) is -0.633. The molecule has 1 rings (SSSR count). The fraction of sp³-hybridized carbons (Fsp3) is 0.667. The number of ketones is 1. The number of carbonyl (C=O) groups is 3. The summed E-state index contributed by atoms with van der Waals surface area (Å²) in [5.41, 5.74) is 1.72. The van der Waals surface area contributed by atoms with Gasteiger partial charge in [-0.3, -0.25) is 4.79 Å². The summed E-state index contributed by atoms with van der Waals surface area (Å²) in [7, 11) is 1.74. The van der Waals surface area contributed by atoms with Crippen molar-refractivity contribution in [1.29, 1.82) is 0 Å². The fourth-order valence-electron chi connectivity index (χ4n) is 3.28. The number of amides is 2. The van der Waals surface area contributed by atoms with Crippen LogP contribution in [-0.4, -0.2) is 52.0 Å². The van der Waals surface area contributed by atoms with Crippen molar-refractivity contribution in [2.24, 2.45) is 7.05 Å². The molecule has 0 saturated heterocycles. The summed E-state index contributed by atoms with van der Waals surface area (Å²) in [4.78, 5) is 40.0. The molecule has 0 bridgehead atoms. The molecule has 7 heteroatoms. The van der Waals surface area contributed by atoms with E-state index in [1.165, 1.54) is 0 Å². The summed E-state index contributed by atoms with van der Waals surface area (Å²) in [6, 6.07) is -0.927. The molecule has 1 aromatic rings. The second-order valence-corrected chi connectivity index (χ2v) is 8.13. The minimum absolute atomic E-state index is 0.182. The van der Waals surface area contributed by atoms with Gasteiger partial charge < -0.3 is 19.5 Å². The maximum absolute atomic E-state index is 13.3. The highest BCUT2D eigenvalue weighted by molar-refractivity contribution is 6.06. The van der Waals surface area contributed by atoms with Gasteiger partial charge in [-0.05, 0) is 60.5 Å². The molecule has 0 aliphatic carbocycles. The third kappa shape index (κ3) is 5.14. The third-order valence-corrected chi connectivity index (χ3v) is 4.70. The standard InChI is InChI=1S/C21H35N3O4/c1-10-12-24(20(27)22-21(6,7)8)15(5)18(25)16-13(3)17(19(26)28-11-2)23(9)14(16)4/h15H,10-12H2,1-9H3,(H,22,27). The quantitative estimate of drug-likeness (QED) is 0.567. The number of hydrogen-bond donors (Lipinski definition) is 1. The Labute approximate surface area is 168 Å². The van der Waals surface area contributed by atoms with Gasteiger partial charge in [0.15, 0.2) is 5.78 Å². The maximum atomic E-state index is 13.3. The first-order valence-corrected chi connectivity index (χ1v) is 9.83. The molecule has 0 aliphatic rings. The lowest BCUT2D eigenvalue weighted by Gasteiger charge is -2.32. The zero-order valence-electron chi connectivity index (χ0n) is 18.7. The Balaban J connectivity index is 3.29. The molecule has 0 radical (unpaired) electrons. The van der Waals surface area contributed by atoms with Crippen molar-refractivity contribution < 1.29 is 19.1 Å². The van der Waals surface area contributed by atoms with Crippen molar-refractivity contribution in [3.8, 4) is 0 Å². The lowest BCUT2D eigenvalue weighted by molar-refractivity contribution is 0.0514. The van der Waals surface area contributed by atoms with E-state index in [9.17, 15) is 14.4 Å². The van der Waals surface area contributed by atoms with E-state index >= 15 is 0 Å². The summed E-state index contributed by atoms with van der Waals surface area (Å²) >= 11 is 0. The lowest BCUT2D eigenvalue weighted by atomic mass is 9.99. The number of nitrogens with zero attached hydrogens (tertiary/aromatic N) is 2. The summed E-state index contributed by atoms with van der Waals surface area (Å²) in [5, 5.41) is 2.93. The Morgan fingerprint density at radius 1 is 1.18 bits per heavy atom. The van der Waals surface area contributed by atoms with Gasteiger partial charge in [-0.25, -0.2) is 9.59 Å². The maximum Gasteiger partial charge on any atom is 0.355 e. The van der Waals surface area contributed by atoms with E-state index in [-0.39, 0.29) is 18.4 Å². The van der Waals surface area contributed by atoms with Crippen LogP contribution in [0.4, 0.5) is 4.79 Å². The second kappa shape index (κ2) is 9.26. The number of urea groups is 1. The van der Waals surface area contributed by atoms with Crippen molar-refractivity contribution in [2.75, 3.05) is 13.2 Å². The van der Waals surface area contributed by atoms with E-state index in [1.54, 1.807) is 44.2 Å². The molecular weight excluding hydrogens is 358 g/mol. The topological polar surface area (TPSA) is 80.6 Å². The van der Waals surface area contributed by atoms with Crippen molar-refractivity contribution in [3.63, 3.8) is 0 Å². The summed E-state index contributed by atoms with van der Waals surface area (Å²) in [6.45, 7) is 15.4. The van der Waals surface area contributed by atoms with Crippen LogP contribution >= 0.6 is 0 Å². The normalized spacial score (nSPS) is 12.5. The summed E-state index contributed by atoms with van der Waals surface area (Å²) in [6.07, 6.45) is 0.732. The number of ether oxygens (including phenoxy) is 1. The first-order chi connectivity index (χ1) is 12.9. The van der Waals surface area contributed by atoms with Gasteiger partial charge in [0.05, 0.1) is 12.6 Å². The van der Waals surface area contributed by atoms with Crippen LogP contribution in [-0.2, 0) is 11.8 Å². The number of nitrogens with one attached hydrogen (secondary N) is 1. The molecule has 0 fully saturated rings. The van der Waals surface area contributed by atoms with Crippen LogP contribution < -0.4 is 5.32 Å². The van der Waals surface area contributed by atoms with Crippen molar-refractivity contribution in [2.45, 2.75) is 73.4 Å². The zero-order chi connectivity index (χ0) is 21.8. The zero-order valence-corrected chi connectivity index (χ0v) is 18.7. The van der Waals surface area contributed by atoms with Crippen LogP contribution in [0.3, 0.4) is 0 Å². The highest BCUT2D eigenvalue weighted by atomic mass is 16.5. The number of hydrogen-bond acceptors (Lipinski definition) is 4. The summed E-state index contributed by atoms with van der Waals surface area (Å²) < 4.78 is 6.82. The van der Waals surface area contributed by atoms with Gasteiger partial charge in [0.1, 0.15) is 5.69 Å². The molecule has 158 valence electrons. The van der Waals surface area contributed by atoms with Gasteiger partial charge in [-0.2, -0.15) is 0 Å². The average Bonchev–Trinajstić information content (AvgIpc) is 2.79. The minimum atomic E-state index is -0.655. The lowest BCUT2D eigenvalue weighted by Crippen LogP contribution is -2.53. The smallest absolute Gasteiger partial charge is 0.355 e. The second-order valence-electron chi connectivity index (χ2n) is 8.13. The van der Waals surface area contributed by atoms with Crippen molar-refractivity contribution >= 4 is 17.8 Å². The predicted octanol–water partition coefficient (Wildman–Crippen LogP) is 3.61. The van der Waals surface area contributed by atoms with Crippen LogP contribution in [0.2, 0.25) is 0 Å². The third-order valence-electron chi connectivity index (χ3n) is 4.70. The Morgan fingerprint density at radius 3 is 2.21 bits per heavy atom. The van der Waals surface area contributed by atoms with E-state index in [2.05, 4.69) is 5.32 Å². The molecule has 7 nitrogen and oxygen atoms in total. The van der Waals surface area contributed by atoms with Crippen LogP contribution in [0.15, 0.2) is 0 Å². The van der Waals surface area contributed by atoms with Crippen molar-refractivity contribution in [3.05, 3.63) is 22.5 Å². The Hall–Kier alpha value is -2.31. The highest BCUT2D eigenvalue weighted by Gasteiger charge is 2.33. The Bertz CT molecular complexity index is 744. The van der Waals surface area contributed by atoms with E-state index in [4.69, 9.17) is 4.74 Å². The predicted molar refractivity (Wildman–Crippen MR) is 110 cm³/mol. The van der Waals surface area contributed by atoms with Crippen molar-refractivity contribution in [1.82, 2.24) is 14.8 Å². The Morgan fingerprint density at radius 2 is 1.75 bits per heavy atom. The SMILES string of the molecule is CCCN(C(=O)NC(C)(C)C)C(C)C(=O)c1c(C)c(C(=O)OCC)n(C)c1C. The van der Waals surface area contributed by atoms with E-state index in [0.717, 1.165) is 6.42 Å². The monoisotopic (exact) mass is 393 g/mol. The molecule has 28 heavy (non-hydrogen) atoms. The van der Waals surface area contributed by atoms with Gasteiger partial charge in [0.25, 0.3) is 0 Å². The fourth-order valence-corrected chi connectivity index (χ4v) is 3.28. The highest BCUT2D eigenvalue weighted by Crippen LogP contribution is 2.25. The van der Waals surface area contributed by atoms with Gasteiger partial charge in [0, 0.05) is 30.4 Å². The number of carbonyl (C=O) groups excluding carboxylic acids is 3. The van der Waals surface area contributed by atoms with Crippen LogP contribution in [0.5, 0.6) is 0 Å². The first kappa shape index (κ1) is 23.7. The molecule has 1 aromatic heterocycles. The number of rotatable bonds is 7. The van der Waals surface area contributed by atoms with Crippen LogP contribution in [0, 0.1) is 13.8 Å². The molecule has 1 heterocycles. The largest absolute Gasteiger partial charge is 0.461 e. The van der Waals surface area contributed by atoms with Crippen LogP contribution in [0.1, 0.15) is 80.1 Å². The van der Waals surface area contributed by atoms with Gasteiger partial charge in [-0.1, -0.05) is 6.92 Å². The Kier molecular flexibility index (Phi) is 7.84. The number of Topliss-reactive ketones (excluding diaryl/α,β-unsaturated/α-hetero) is 1. The molecule has 0 saturated carbocycles. The molecule has 1 N–H and O–H groups in total. The molecule has 0 aliphatic heterocycles.